The van der Waals surface area contributed by atoms with Crippen LogP contribution >= 0.6 is 0 Å². The SMILES string of the molecule is CC(O)C1CCN(C(=O)c2cc(S(N)(=O)=O)cn2C)CC1. The van der Waals surface area contributed by atoms with E-state index in [1.54, 1.807) is 18.9 Å². The molecule has 1 aromatic rings. The fraction of sp³-hybridized carbons (Fsp3) is 0.615. The minimum absolute atomic E-state index is 0.0628. The minimum Gasteiger partial charge on any atom is -0.393 e. The van der Waals surface area contributed by atoms with Gasteiger partial charge in [0.05, 0.1) is 6.10 Å². The molecule has 2 rings (SSSR count). The largest absolute Gasteiger partial charge is 0.393 e. The standard InChI is InChI=1S/C13H21N3O4S/c1-9(17)10-3-5-16(6-4-10)13(18)12-7-11(8-15(12)2)21(14,19)20/h7-10,17H,3-6H2,1-2H3,(H2,14,19,20). The van der Waals surface area contributed by atoms with Gasteiger partial charge in [0.15, 0.2) is 0 Å². The Morgan fingerprint density at radius 1 is 1.43 bits per heavy atom. The van der Waals surface area contributed by atoms with E-state index in [0.717, 1.165) is 12.8 Å². The number of primary sulfonamides is 1. The van der Waals surface area contributed by atoms with Gasteiger partial charge >= 0.3 is 0 Å². The second-order valence-electron chi connectivity index (χ2n) is 5.59. The Morgan fingerprint density at radius 3 is 2.43 bits per heavy atom. The van der Waals surface area contributed by atoms with E-state index in [-0.39, 0.29) is 22.8 Å². The monoisotopic (exact) mass is 315 g/mol. The summed E-state index contributed by atoms with van der Waals surface area (Å²) in [6.07, 6.45) is 2.46. The summed E-state index contributed by atoms with van der Waals surface area (Å²) in [5.41, 5.74) is 0.300. The number of piperidine rings is 1. The lowest BCUT2D eigenvalue weighted by molar-refractivity contribution is 0.0514. The number of carbonyl (C=O) groups excluding carboxylic acids is 1. The molecule has 118 valence electrons. The molecule has 0 bridgehead atoms. The molecule has 1 aromatic heterocycles. The fourth-order valence-corrected chi connectivity index (χ4v) is 3.23. The number of aliphatic hydroxyl groups excluding tert-OH is 1. The Kier molecular flexibility index (Phi) is 4.40. The highest BCUT2D eigenvalue weighted by atomic mass is 32.2. The van der Waals surface area contributed by atoms with E-state index in [9.17, 15) is 18.3 Å². The molecule has 1 aliphatic heterocycles. The molecule has 1 saturated heterocycles. The van der Waals surface area contributed by atoms with Crippen LogP contribution in [-0.2, 0) is 17.1 Å². The van der Waals surface area contributed by atoms with Crippen LogP contribution in [0.5, 0.6) is 0 Å². The lowest BCUT2D eigenvalue weighted by Gasteiger charge is -2.33. The Balaban J connectivity index is 2.13. The number of sulfonamides is 1. The van der Waals surface area contributed by atoms with Gasteiger partial charge in [0, 0.05) is 26.3 Å². The van der Waals surface area contributed by atoms with Crippen LogP contribution in [0.25, 0.3) is 0 Å². The van der Waals surface area contributed by atoms with E-state index in [2.05, 4.69) is 0 Å². The first-order valence-electron chi connectivity index (χ1n) is 6.86. The number of aromatic nitrogens is 1. The number of aliphatic hydroxyl groups is 1. The number of amides is 1. The average molecular weight is 315 g/mol. The molecule has 7 nitrogen and oxygen atoms in total. The van der Waals surface area contributed by atoms with Gasteiger partial charge in [-0.1, -0.05) is 0 Å². The number of carbonyl (C=O) groups is 1. The highest BCUT2D eigenvalue weighted by Crippen LogP contribution is 2.22. The van der Waals surface area contributed by atoms with Crippen LogP contribution in [-0.4, -0.2) is 48.1 Å². The molecule has 0 aromatic carbocycles. The molecule has 0 aliphatic carbocycles. The Morgan fingerprint density at radius 2 is 2.00 bits per heavy atom. The molecule has 1 aliphatic rings. The van der Waals surface area contributed by atoms with E-state index in [4.69, 9.17) is 5.14 Å². The third kappa shape index (κ3) is 3.45. The molecule has 21 heavy (non-hydrogen) atoms. The zero-order valence-corrected chi connectivity index (χ0v) is 13.0. The van der Waals surface area contributed by atoms with Gasteiger partial charge < -0.3 is 14.6 Å². The summed E-state index contributed by atoms with van der Waals surface area (Å²) in [6, 6.07) is 1.30. The molecular weight excluding hydrogens is 294 g/mol. The number of rotatable bonds is 3. The number of aryl methyl sites for hydroxylation is 1. The van der Waals surface area contributed by atoms with Crippen molar-refractivity contribution in [1.29, 1.82) is 0 Å². The van der Waals surface area contributed by atoms with Gasteiger partial charge in [-0.25, -0.2) is 13.6 Å². The predicted molar refractivity (Wildman–Crippen MR) is 77.1 cm³/mol. The van der Waals surface area contributed by atoms with Crippen molar-refractivity contribution in [2.75, 3.05) is 13.1 Å². The molecule has 0 spiro atoms. The summed E-state index contributed by atoms with van der Waals surface area (Å²) in [5.74, 6) is -0.00103. The van der Waals surface area contributed by atoms with Crippen LogP contribution in [0, 0.1) is 5.92 Å². The van der Waals surface area contributed by atoms with Crippen LogP contribution in [0.3, 0.4) is 0 Å². The molecule has 0 saturated carbocycles. The van der Waals surface area contributed by atoms with Gasteiger partial charge in [-0.3, -0.25) is 4.79 Å². The van der Waals surface area contributed by atoms with Crippen molar-refractivity contribution in [1.82, 2.24) is 9.47 Å². The van der Waals surface area contributed by atoms with Gasteiger partial charge in [0.25, 0.3) is 5.91 Å². The predicted octanol–water partition coefficient (Wildman–Crippen LogP) is -0.0945. The second kappa shape index (κ2) is 5.78. The molecule has 0 radical (unpaired) electrons. The summed E-state index contributed by atoms with van der Waals surface area (Å²) >= 11 is 0. The Labute approximate surface area is 124 Å². The van der Waals surface area contributed by atoms with E-state index in [1.165, 1.54) is 16.8 Å². The van der Waals surface area contributed by atoms with Gasteiger partial charge in [-0.2, -0.15) is 0 Å². The fourth-order valence-electron chi connectivity index (χ4n) is 2.65. The summed E-state index contributed by atoms with van der Waals surface area (Å²) in [5, 5.41) is 14.6. The summed E-state index contributed by atoms with van der Waals surface area (Å²) in [4.78, 5) is 14.1. The van der Waals surface area contributed by atoms with Crippen LogP contribution in [0.1, 0.15) is 30.3 Å². The maximum absolute atomic E-state index is 12.4. The van der Waals surface area contributed by atoms with Crippen molar-refractivity contribution in [3.63, 3.8) is 0 Å². The zero-order valence-electron chi connectivity index (χ0n) is 12.2. The van der Waals surface area contributed by atoms with Crippen molar-refractivity contribution in [2.24, 2.45) is 18.1 Å². The van der Waals surface area contributed by atoms with Crippen molar-refractivity contribution in [3.8, 4) is 0 Å². The number of hydrogen-bond donors (Lipinski definition) is 2. The highest BCUT2D eigenvalue weighted by Gasteiger charge is 2.28. The van der Waals surface area contributed by atoms with Crippen LogP contribution in [0.2, 0.25) is 0 Å². The average Bonchev–Trinajstić information content (AvgIpc) is 2.80. The molecule has 2 heterocycles. The van der Waals surface area contributed by atoms with Crippen LogP contribution < -0.4 is 5.14 Å². The summed E-state index contributed by atoms with van der Waals surface area (Å²) in [6.45, 7) is 2.88. The van der Waals surface area contributed by atoms with E-state index in [1.807, 2.05) is 0 Å². The lowest BCUT2D eigenvalue weighted by atomic mass is 9.92. The van der Waals surface area contributed by atoms with Gasteiger partial charge in [-0.05, 0) is 31.7 Å². The minimum atomic E-state index is -3.81. The molecule has 3 N–H and O–H groups in total. The van der Waals surface area contributed by atoms with Crippen molar-refractivity contribution >= 4 is 15.9 Å². The molecule has 1 amide bonds. The van der Waals surface area contributed by atoms with E-state index < -0.39 is 10.0 Å². The van der Waals surface area contributed by atoms with Crippen molar-refractivity contribution < 1.29 is 18.3 Å². The van der Waals surface area contributed by atoms with E-state index in [0.29, 0.717) is 18.8 Å². The molecule has 1 fully saturated rings. The topological polar surface area (TPSA) is 106 Å². The van der Waals surface area contributed by atoms with Crippen LogP contribution in [0.4, 0.5) is 0 Å². The third-order valence-electron chi connectivity index (χ3n) is 4.04. The molecule has 8 heteroatoms. The summed E-state index contributed by atoms with van der Waals surface area (Å²) < 4.78 is 24.1. The number of hydrogen-bond acceptors (Lipinski definition) is 4. The normalized spacial score (nSPS) is 18.8. The smallest absolute Gasteiger partial charge is 0.270 e. The molecular formula is C13H21N3O4S. The molecule has 1 unspecified atom stereocenters. The first-order chi connectivity index (χ1) is 9.70. The van der Waals surface area contributed by atoms with Crippen molar-refractivity contribution in [2.45, 2.75) is 30.8 Å². The lowest BCUT2D eigenvalue weighted by Crippen LogP contribution is -2.41. The zero-order chi connectivity index (χ0) is 15.8. The van der Waals surface area contributed by atoms with Crippen molar-refractivity contribution in [3.05, 3.63) is 18.0 Å². The highest BCUT2D eigenvalue weighted by molar-refractivity contribution is 7.89. The van der Waals surface area contributed by atoms with Gasteiger partial charge in [0.2, 0.25) is 10.0 Å². The maximum atomic E-state index is 12.4. The third-order valence-corrected chi connectivity index (χ3v) is 4.92. The Hall–Kier alpha value is -1.38. The first kappa shape index (κ1) is 16.0. The first-order valence-corrected chi connectivity index (χ1v) is 8.41. The number of nitrogens with two attached hydrogens (primary N) is 1. The van der Waals surface area contributed by atoms with Gasteiger partial charge in [0.1, 0.15) is 10.6 Å². The van der Waals surface area contributed by atoms with E-state index >= 15 is 0 Å². The molecule has 1 atom stereocenters. The number of nitrogens with zero attached hydrogens (tertiary/aromatic N) is 2. The number of likely N-dealkylation sites (tertiary alicyclic amines) is 1. The Bertz CT molecular complexity index is 628. The maximum Gasteiger partial charge on any atom is 0.270 e. The summed E-state index contributed by atoms with van der Waals surface area (Å²) in [7, 11) is -2.20. The van der Waals surface area contributed by atoms with Gasteiger partial charge in [-0.15, -0.1) is 0 Å². The second-order valence-corrected chi connectivity index (χ2v) is 7.15. The quantitative estimate of drug-likeness (QED) is 0.812. The van der Waals surface area contributed by atoms with Crippen LogP contribution in [0.15, 0.2) is 17.2 Å².